The van der Waals surface area contributed by atoms with Crippen LogP contribution >= 0.6 is 0 Å². The highest BCUT2D eigenvalue weighted by Crippen LogP contribution is 2.37. The van der Waals surface area contributed by atoms with Crippen LogP contribution in [-0.2, 0) is 10.9 Å². The number of carbonyl (C=O) groups is 1. The second-order valence-corrected chi connectivity index (χ2v) is 9.98. The number of rotatable bonds is 5. The minimum absolute atomic E-state index is 0.00237. The van der Waals surface area contributed by atoms with Crippen LogP contribution in [0.3, 0.4) is 0 Å². The molecule has 2 fully saturated rings. The van der Waals surface area contributed by atoms with Crippen LogP contribution in [0, 0.1) is 18.8 Å². The molecule has 1 atom stereocenters. The van der Waals surface area contributed by atoms with Crippen LogP contribution in [0.25, 0.3) is 10.9 Å². The average molecular weight is 515 g/mol. The average Bonchev–Trinajstić information content (AvgIpc) is 2.82. The fourth-order valence-corrected chi connectivity index (χ4v) is 5.24. The van der Waals surface area contributed by atoms with Crippen molar-refractivity contribution in [3.05, 3.63) is 69.3 Å². The van der Waals surface area contributed by atoms with Gasteiger partial charge in [-0.15, -0.1) is 0 Å². The first-order valence-corrected chi connectivity index (χ1v) is 12.5. The maximum absolute atomic E-state index is 13.9. The molecule has 10 heteroatoms. The van der Waals surface area contributed by atoms with Gasteiger partial charge in [-0.3, -0.25) is 9.59 Å². The maximum atomic E-state index is 13.9. The summed E-state index contributed by atoms with van der Waals surface area (Å²) >= 11 is 0. The van der Waals surface area contributed by atoms with Gasteiger partial charge in [0.25, 0.3) is 11.5 Å². The number of hydrogen-bond donors (Lipinski definition) is 2. The summed E-state index contributed by atoms with van der Waals surface area (Å²) in [5.41, 5.74) is -0.289. The molecule has 0 unspecified atom stereocenters. The second kappa shape index (κ2) is 9.81. The van der Waals surface area contributed by atoms with E-state index >= 15 is 0 Å². The molecule has 0 spiro atoms. The Hall–Kier alpha value is -3.40. The fourth-order valence-electron chi connectivity index (χ4n) is 5.24. The monoisotopic (exact) mass is 514 g/mol. The molecule has 0 bridgehead atoms. The minimum atomic E-state index is -4.62. The first-order chi connectivity index (χ1) is 17.6. The zero-order chi connectivity index (χ0) is 26.3. The van der Waals surface area contributed by atoms with Crippen LogP contribution < -0.4 is 10.9 Å². The van der Waals surface area contributed by atoms with Gasteiger partial charge >= 0.3 is 6.18 Å². The molecular weight excluding hydrogens is 485 g/mol. The molecule has 2 N–H and O–H groups in total. The Labute approximate surface area is 212 Å². The van der Waals surface area contributed by atoms with Crippen molar-refractivity contribution in [1.29, 1.82) is 0 Å². The number of aromatic nitrogens is 2. The highest BCUT2D eigenvalue weighted by Gasteiger charge is 2.36. The zero-order valence-corrected chi connectivity index (χ0v) is 20.7. The number of anilines is 1. The second-order valence-electron chi connectivity index (χ2n) is 9.98. The molecule has 3 heterocycles. The number of ether oxygens (including phenoxy) is 1. The lowest BCUT2D eigenvalue weighted by molar-refractivity contribution is -0.138. The predicted octanol–water partition coefficient (Wildman–Crippen LogP) is 4.92. The van der Waals surface area contributed by atoms with Gasteiger partial charge in [0.2, 0.25) is 0 Å². The summed E-state index contributed by atoms with van der Waals surface area (Å²) in [5, 5.41) is 3.17. The molecule has 1 amide bonds. The van der Waals surface area contributed by atoms with Gasteiger partial charge in [-0.2, -0.15) is 13.2 Å². The van der Waals surface area contributed by atoms with Crippen molar-refractivity contribution in [2.24, 2.45) is 11.8 Å². The Kier molecular flexibility index (Phi) is 6.70. The lowest BCUT2D eigenvalue weighted by Crippen LogP contribution is -2.44. The molecule has 2 aromatic carbocycles. The molecule has 0 aliphatic carbocycles. The normalized spacial score (nSPS) is 18.0. The van der Waals surface area contributed by atoms with Gasteiger partial charge in [-0.1, -0.05) is 0 Å². The number of aryl methyl sites for hydroxylation is 1. The summed E-state index contributed by atoms with van der Waals surface area (Å²) in [6.45, 7) is 6.19. The summed E-state index contributed by atoms with van der Waals surface area (Å²) in [5.74, 6) is 1.43. The Bertz CT molecular complexity index is 1360. The Morgan fingerprint density at radius 2 is 1.81 bits per heavy atom. The van der Waals surface area contributed by atoms with E-state index in [0.29, 0.717) is 36.2 Å². The third kappa shape index (κ3) is 5.20. The highest BCUT2D eigenvalue weighted by atomic mass is 19.4. The van der Waals surface area contributed by atoms with E-state index in [9.17, 15) is 22.8 Å². The van der Waals surface area contributed by atoms with Gasteiger partial charge in [0.15, 0.2) is 0 Å². The topological polar surface area (TPSA) is 87.3 Å². The van der Waals surface area contributed by atoms with E-state index in [0.717, 1.165) is 32.1 Å². The SMILES string of the molecule is Cc1nc2cc(C(F)(F)F)c([C@H](C)Nc3ccc(C(=O)N4CCC(C5COC5)CC4)cc3)cc2c(=O)[nH]1. The highest BCUT2D eigenvalue weighted by molar-refractivity contribution is 5.94. The molecule has 2 aliphatic heterocycles. The van der Waals surface area contributed by atoms with Gasteiger partial charge in [0.1, 0.15) is 5.82 Å². The van der Waals surface area contributed by atoms with Gasteiger partial charge in [0, 0.05) is 36.3 Å². The molecule has 37 heavy (non-hydrogen) atoms. The first-order valence-electron chi connectivity index (χ1n) is 12.5. The van der Waals surface area contributed by atoms with E-state index in [2.05, 4.69) is 15.3 Å². The summed E-state index contributed by atoms with van der Waals surface area (Å²) < 4.78 is 47.0. The molecule has 196 valence electrons. The number of hydrogen-bond acceptors (Lipinski definition) is 5. The molecule has 1 aromatic heterocycles. The Morgan fingerprint density at radius 1 is 1.14 bits per heavy atom. The van der Waals surface area contributed by atoms with Gasteiger partial charge < -0.3 is 19.9 Å². The number of piperidine rings is 1. The number of H-pyrrole nitrogens is 1. The van der Waals surface area contributed by atoms with Gasteiger partial charge in [-0.05, 0) is 74.6 Å². The van der Waals surface area contributed by atoms with Crippen LogP contribution in [0.1, 0.15) is 53.1 Å². The molecule has 0 radical (unpaired) electrons. The third-order valence-electron chi connectivity index (χ3n) is 7.44. The van der Waals surface area contributed by atoms with Crippen molar-refractivity contribution in [1.82, 2.24) is 14.9 Å². The number of nitrogens with one attached hydrogen (secondary N) is 2. The van der Waals surface area contributed by atoms with Gasteiger partial charge in [0.05, 0.1) is 29.7 Å². The van der Waals surface area contributed by atoms with E-state index in [1.807, 2.05) is 4.90 Å². The standard InChI is InChI=1S/C27H29F3N4O3/c1-15(21-11-22-24(12-23(21)27(28,29)30)32-16(2)33-25(22)35)31-20-5-3-18(4-6-20)26(36)34-9-7-17(8-10-34)19-13-37-14-19/h3-6,11-12,15,17,19,31H,7-10,13-14H2,1-2H3,(H,32,33,35)/t15-/m0/s1. The number of carbonyl (C=O) groups excluding carboxylic acids is 1. The fraction of sp³-hybridized carbons (Fsp3) is 0.444. The van der Waals surface area contributed by atoms with Crippen molar-refractivity contribution >= 4 is 22.5 Å². The van der Waals surface area contributed by atoms with Crippen LogP contribution in [0.2, 0.25) is 0 Å². The van der Waals surface area contributed by atoms with E-state index < -0.39 is 23.3 Å². The van der Waals surface area contributed by atoms with Crippen molar-refractivity contribution < 1.29 is 22.7 Å². The Morgan fingerprint density at radius 3 is 2.41 bits per heavy atom. The molecular formula is C27H29F3N4O3. The van der Waals surface area contributed by atoms with Gasteiger partial charge in [-0.25, -0.2) is 4.98 Å². The van der Waals surface area contributed by atoms with E-state index in [-0.39, 0.29) is 28.2 Å². The van der Waals surface area contributed by atoms with Crippen molar-refractivity contribution in [3.8, 4) is 0 Å². The predicted molar refractivity (Wildman–Crippen MR) is 134 cm³/mol. The zero-order valence-electron chi connectivity index (χ0n) is 20.7. The van der Waals surface area contributed by atoms with Crippen molar-refractivity contribution in [3.63, 3.8) is 0 Å². The summed E-state index contributed by atoms with van der Waals surface area (Å²) in [6, 6.07) is 8.16. The van der Waals surface area contributed by atoms with Crippen molar-refractivity contribution in [2.45, 2.75) is 38.9 Å². The largest absolute Gasteiger partial charge is 0.416 e. The lowest BCUT2D eigenvalue weighted by Gasteiger charge is -2.39. The van der Waals surface area contributed by atoms with E-state index in [1.165, 1.54) is 13.0 Å². The van der Waals surface area contributed by atoms with Crippen LogP contribution in [0.15, 0.2) is 41.2 Å². The molecule has 7 nitrogen and oxygen atoms in total. The van der Waals surface area contributed by atoms with Crippen LogP contribution in [0.5, 0.6) is 0 Å². The number of alkyl halides is 3. The third-order valence-corrected chi connectivity index (χ3v) is 7.44. The number of likely N-dealkylation sites (tertiary alicyclic amines) is 1. The quantitative estimate of drug-likeness (QED) is 0.505. The van der Waals surface area contributed by atoms with Crippen molar-refractivity contribution in [2.75, 3.05) is 31.6 Å². The van der Waals surface area contributed by atoms with Crippen LogP contribution in [0.4, 0.5) is 18.9 Å². The lowest BCUT2D eigenvalue weighted by atomic mass is 9.83. The summed E-state index contributed by atoms with van der Waals surface area (Å²) in [7, 11) is 0. The van der Waals surface area contributed by atoms with E-state index in [1.54, 1.807) is 31.2 Å². The summed E-state index contributed by atoms with van der Waals surface area (Å²) in [4.78, 5) is 33.8. The maximum Gasteiger partial charge on any atom is 0.416 e. The number of halogens is 3. The molecule has 2 saturated heterocycles. The molecule has 2 aliphatic rings. The smallest absolute Gasteiger partial charge is 0.381 e. The molecule has 3 aromatic rings. The number of nitrogens with zero attached hydrogens (tertiary/aromatic N) is 2. The number of fused-ring (bicyclic) bond motifs is 1. The number of aromatic amines is 1. The molecule has 0 saturated carbocycles. The Balaban J connectivity index is 1.31. The van der Waals surface area contributed by atoms with Crippen LogP contribution in [-0.4, -0.2) is 47.1 Å². The number of benzene rings is 2. The minimum Gasteiger partial charge on any atom is -0.381 e. The summed E-state index contributed by atoms with van der Waals surface area (Å²) in [6.07, 6.45) is -2.67. The number of amides is 1. The first kappa shape index (κ1) is 25.3. The van der Waals surface area contributed by atoms with E-state index in [4.69, 9.17) is 4.74 Å². The molecule has 5 rings (SSSR count).